The number of alkyl halides is 14. The number of imide groups is 6. The van der Waals surface area contributed by atoms with Gasteiger partial charge in [-0.1, -0.05) is 36.2 Å². The smallest absolute Gasteiger partial charge is 0.361 e. The third kappa shape index (κ3) is 12.9. The lowest BCUT2D eigenvalue weighted by Gasteiger charge is -2.56. The molecule has 12 heterocycles. The summed E-state index contributed by atoms with van der Waals surface area (Å²) in [6, 6.07) is -1.29. The van der Waals surface area contributed by atoms with Crippen molar-refractivity contribution in [1.82, 2.24) is 62.3 Å². The largest absolute Gasteiger partial charge is 0.471 e. The number of aryl methyl sites for hydroxylation is 1. The average molecular weight is 1580 g/mol. The van der Waals surface area contributed by atoms with Crippen LogP contribution in [0, 0.1) is 40.6 Å². The minimum atomic E-state index is -5.00. The summed E-state index contributed by atoms with van der Waals surface area (Å²) in [5.74, 6) is -13.3. The second-order valence-corrected chi connectivity index (χ2v) is 26.5. The number of aromatic nitrogens is 6. The van der Waals surface area contributed by atoms with Crippen molar-refractivity contribution < 1.29 is 146 Å². The van der Waals surface area contributed by atoms with E-state index in [9.17, 15) is 105 Å². The SMILES string of the molecule is CC[C@@H]1O[C@H](C(F)(F)F)CN2c3c(F)cc(-c4noc(C(F)(F)F)n4)cc3CC3(C(=O)NC(=O)NC3=O)[C@@H]12.CC[C@@H]1O[C@H](C(F)(F)F)CN2c3c(F)cc(-c4noc(C(F)F)n4)cc3CC3(C(=O)NC(=O)NC3=O)[C@@H]12.CC[C@@H]1O[C@H](C(F)(F)F)CN2c3c(F)cc(-c4noc(C)n4)cc3CC3(C(=O)NC(=O)NC3=O)[C@@H]12. The van der Waals surface area contributed by atoms with Gasteiger partial charge in [-0.05, 0) is 72.4 Å². The molecular formula is C63H52F17N15O15. The molecule has 15 rings (SSSR count). The third-order valence-electron chi connectivity index (χ3n) is 20.1. The number of fused-ring (bicyclic) bond motifs is 12. The molecule has 6 N–H and O–H groups in total. The monoisotopic (exact) mass is 1580 g/mol. The zero-order valence-corrected chi connectivity index (χ0v) is 56.2. The number of carbonyl (C=O) groups excluding carboxylic acids is 9. The maximum atomic E-state index is 15.6. The fourth-order valence-electron chi connectivity index (χ4n) is 15.6. The number of ether oxygens (including phenoxy) is 3. The topological polar surface area (TPSA) is 380 Å². The molecule has 0 bridgehead atoms. The molecule has 0 aliphatic carbocycles. The second kappa shape index (κ2) is 27.2. The Morgan fingerprint density at radius 1 is 0.436 bits per heavy atom. The number of carbonyl (C=O) groups is 9. The van der Waals surface area contributed by atoms with Crippen LogP contribution in [0.4, 0.5) is 106 Å². The van der Waals surface area contributed by atoms with Gasteiger partial charge < -0.3 is 42.5 Å². The van der Waals surface area contributed by atoms with Crippen molar-refractivity contribution in [2.45, 2.75) is 152 Å². The number of morpholine rings is 3. The first-order chi connectivity index (χ1) is 51.5. The highest BCUT2D eigenvalue weighted by molar-refractivity contribution is 6.22. The highest BCUT2D eigenvalue weighted by Gasteiger charge is 2.69. The van der Waals surface area contributed by atoms with Crippen LogP contribution in [0.25, 0.3) is 34.2 Å². The molecule has 0 unspecified atom stereocenters. The van der Waals surface area contributed by atoms with E-state index in [0.717, 1.165) is 32.9 Å². The minimum Gasteiger partial charge on any atom is -0.361 e. The molecule has 6 fully saturated rings. The van der Waals surface area contributed by atoms with E-state index in [2.05, 4.69) is 39.5 Å². The number of benzene rings is 3. The van der Waals surface area contributed by atoms with E-state index in [1.54, 1.807) is 0 Å². The predicted octanol–water partition coefficient (Wildman–Crippen LogP) is 7.36. The van der Waals surface area contributed by atoms with Gasteiger partial charge in [-0.15, -0.1) is 0 Å². The van der Waals surface area contributed by atoms with E-state index in [4.69, 9.17) is 18.7 Å². The summed E-state index contributed by atoms with van der Waals surface area (Å²) in [7, 11) is 0. The number of nitrogens with one attached hydrogen (secondary N) is 6. The van der Waals surface area contributed by atoms with Crippen molar-refractivity contribution in [3.8, 4) is 34.2 Å². The molecule has 588 valence electrons. The first-order valence-corrected chi connectivity index (χ1v) is 32.8. The Balaban J connectivity index is 0.000000145. The van der Waals surface area contributed by atoms with Gasteiger partial charge in [0.25, 0.3) is 5.89 Å². The Kier molecular flexibility index (Phi) is 19.1. The number of urea groups is 3. The number of halogens is 17. The van der Waals surface area contributed by atoms with Gasteiger partial charge in [0.05, 0.1) is 73.1 Å². The van der Waals surface area contributed by atoms with Crippen molar-refractivity contribution >= 4 is 70.6 Å². The number of anilines is 3. The standard InChI is InChI=1S/C21H16F7N5O5.C21H17F6N5O5.C21H19F4N5O5/c1-2-10-13-19(15(34)30-18(36)31-16(19)35)5-8-3-7(14-29-17(38-32-14)21(26,27)28)4-9(22)12(8)33(13)6-11(37-10)20(23,24)25;1-2-10-13-20(17(33)29-19(35)30-18(20)34)5-8-3-7(15-28-16(14(23)24)37-31-15)4-9(22)12(8)32(13)6-11(36-10)21(25,26)27;1-3-12-15-20(17(31)27-19(33)28-18(20)32)6-10-4-9(16-26-8(2)35-29-16)5-11(22)14(10)30(15)7-13(34-12)21(23,24)25/h3-4,10-11,13H,2,5-6H2,1H3,(H2,30,31,34,35,36);3-4,10-11,13-14H,2,5-6H2,1H3,(H2,29,30,33,34,35);4-5,12-13,15H,3,6-7H2,1-2H3,(H2,27,28,31,32,33)/t2*10-,11-,13+;12-,13-,15+/m000/s1. The molecule has 3 aromatic carbocycles. The number of hydrogen-bond acceptors (Lipinski definition) is 24. The van der Waals surface area contributed by atoms with Crippen LogP contribution in [0.15, 0.2) is 50.0 Å². The van der Waals surface area contributed by atoms with E-state index in [0.29, 0.717) is 6.07 Å². The van der Waals surface area contributed by atoms with Gasteiger partial charge in [0, 0.05) is 42.9 Å². The number of amides is 12. The molecule has 9 aliphatic heterocycles. The summed E-state index contributed by atoms with van der Waals surface area (Å²) in [6.45, 7) is 3.16. The van der Waals surface area contributed by atoms with Crippen molar-refractivity contribution in [3.63, 3.8) is 0 Å². The minimum absolute atomic E-state index is 0.0127. The van der Waals surface area contributed by atoms with E-state index in [1.807, 2.05) is 31.9 Å². The fourth-order valence-corrected chi connectivity index (χ4v) is 15.6. The van der Waals surface area contributed by atoms with Crippen molar-refractivity contribution in [2.75, 3.05) is 34.3 Å². The van der Waals surface area contributed by atoms with Crippen LogP contribution in [0.2, 0.25) is 0 Å². The molecule has 3 aromatic heterocycles. The normalized spacial score (nSPS) is 25.3. The summed E-state index contributed by atoms with van der Waals surface area (Å²) < 4.78 is 264. The van der Waals surface area contributed by atoms with Gasteiger partial charge in [-0.25, -0.2) is 27.6 Å². The Morgan fingerprint density at radius 3 is 0.982 bits per heavy atom. The van der Waals surface area contributed by atoms with E-state index < -0.39 is 241 Å². The van der Waals surface area contributed by atoms with Crippen LogP contribution in [0.1, 0.15) is 80.8 Å². The molecular weight excluding hydrogens is 1530 g/mol. The molecule has 110 heavy (non-hydrogen) atoms. The summed E-state index contributed by atoms with van der Waals surface area (Å²) in [5, 5.41) is 22.1. The van der Waals surface area contributed by atoms with Crippen LogP contribution >= 0.6 is 0 Å². The molecule has 12 amide bonds. The summed E-state index contributed by atoms with van der Waals surface area (Å²) >= 11 is 0. The maximum absolute atomic E-state index is 15.6. The van der Waals surface area contributed by atoms with Gasteiger partial charge in [-0.3, -0.25) is 60.7 Å². The Labute approximate surface area is 602 Å². The summed E-state index contributed by atoms with van der Waals surface area (Å²) in [6.07, 6.45) is -35.6. The number of barbiturate groups is 3. The predicted molar refractivity (Wildman–Crippen MR) is 326 cm³/mol. The molecule has 9 atom stereocenters. The summed E-state index contributed by atoms with van der Waals surface area (Å²) in [5.41, 5.74) is -8.03. The van der Waals surface area contributed by atoms with E-state index in [1.165, 1.54) is 39.8 Å². The zero-order chi connectivity index (χ0) is 79.9. The number of hydrogen-bond donors (Lipinski definition) is 6. The van der Waals surface area contributed by atoms with Crippen LogP contribution in [0.3, 0.4) is 0 Å². The van der Waals surface area contributed by atoms with E-state index >= 15 is 13.2 Å². The molecule has 6 saturated heterocycles. The van der Waals surface area contributed by atoms with Crippen LogP contribution < -0.4 is 46.6 Å². The zero-order valence-electron chi connectivity index (χ0n) is 56.2. The number of nitrogens with zero attached hydrogens (tertiary/aromatic N) is 9. The van der Waals surface area contributed by atoms with Gasteiger partial charge in [0.15, 0.2) is 34.6 Å². The summed E-state index contributed by atoms with van der Waals surface area (Å²) in [4.78, 5) is 128. The first kappa shape index (κ1) is 77.2. The van der Waals surface area contributed by atoms with Crippen LogP contribution in [-0.4, -0.2) is 177 Å². The molecule has 3 spiro atoms. The first-order valence-electron chi connectivity index (χ1n) is 32.8. The van der Waals surface area contributed by atoms with Gasteiger partial charge in [0.2, 0.25) is 58.8 Å². The van der Waals surface area contributed by atoms with Crippen LogP contribution in [-0.2, 0) is 68.4 Å². The maximum Gasteiger partial charge on any atom is 0.471 e. The molecule has 30 nitrogen and oxygen atoms in total. The molecule has 0 radical (unpaired) electrons. The number of rotatable bonds is 7. The highest BCUT2D eigenvalue weighted by atomic mass is 19.4. The van der Waals surface area contributed by atoms with Crippen molar-refractivity contribution in [1.29, 1.82) is 0 Å². The molecule has 9 aliphatic rings. The quantitative estimate of drug-likeness (QED) is 0.0671. The Morgan fingerprint density at radius 2 is 0.727 bits per heavy atom. The van der Waals surface area contributed by atoms with E-state index in [-0.39, 0.29) is 75.7 Å². The lowest BCUT2D eigenvalue weighted by Crippen LogP contribution is -2.76. The van der Waals surface area contributed by atoms with Crippen molar-refractivity contribution in [2.24, 2.45) is 16.2 Å². The second-order valence-electron chi connectivity index (χ2n) is 26.5. The average Bonchev–Trinajstić information content (AvgIpc) is 0.791. The van der Waals surface area contributed by atoms with Crippen molar-refractivity contribution in [3.05, 3.63) is 88.2 Å². The molecule has 0 saturated carbocycles. The Hall–Kier alpha value is -11.0. The van der Waals surface area contributed by atoms with Gasteiger partial charge >= 0.3 is 55.1 Å². The molecule has 47 heteroatoms. The van der Waals surface area contributed by atoms with Gasteiger partial charge in [0.1, 0.15) is 17.5 Å². The lowest BCUT2D eigenvalue weighted by atomic mass is 9.66. The van der Waals surface area contributed by atoms with Crippen LogP contribution in [0.5, 0.6) is 0 Å². The third-order valence-corrected chi connectivity index (χ3v) is 20.1. The lowest BCUT2D eigenvalue weighted by molar-refractivity contribution is -0.245. The van der Waals surface area contributed by atoms with Gasteiger partial charge in [-0.2, -0.15) is 76.4 Å². The Bertz CT molecular complexity index is 4750. The fraction of sp³-hybridized carbons (Fsp3) is 0.476. The highest BCUT2D eigenvalue weighted by Crippen LogP contribution is 2.55. The molecule has 6 aromatic rings.